The van der Waals surface area contributed by atoms with Crippen molar-refractivity contribution in [3.05, 3.63) is 88.5 Å². The van der Waals surface area contributed by atoms with Gasteiger partial charge in [-0.2, -0.15) is 0 Å². The molecule has 0 unspecified atom stereocenters. The average molecular weight is 381 g/mol. The van der Waals surface area contributed by atoms with Gasteiger partial charge in [0.25, 0.3) is 0 Å². The highest BCUT2D eigenvalue weighted by Crippen LogP contribution is 2.37. The van der Waals surface area contributed by atoms with Crippen molar-refractivity contribution in [1.82, 2.24) is 0 Å². The highest BCUT2D eigenvalue weighted by atomic mass is 35.5. The average Bonchev–Trinajstić information content (AvgIpc) is 2.67. The van der Waals surface area contributed by atoms with Crippen LogP contribution in [0.2, 0.25) is 5.02 Å². The fourth-order valence-electron chi connectivity index (χ4n) is 3.32. The normalized spacial score (nSPS) is 19.8. The van der Waals surface area contributed by atoms with E-state index in [0.29, 0.717) is 11.4 Å². The quantitative estimate of drug-likeness (QED) is 0.528. The molecule has 0 amide bonds. The van der Waals surface area contributed by atoms with Gasteiger partial charge in [0.05, 0.1) is 6.61 Å². The molecule has 0 aromatic heterocycles. The number of hydrogen-bond donors (Lipinski definition) is 0. The van der Waals surface area contributed by atoms with Crippen molar-refractivity contribution in [2.75, 3.05) is 6.61 Å². The van der Waals surface area contributed by atoms with Crippen LogP contribution in [0.5, 0.6) is 0 Å². The molecule has 3 rings (SSSR count). The molecule has 4 heteroatoms. The van der Waals surface area contributed by atoms with Crippen LogP contribution in [0.25, 0.3) is 6.08 Å². The maximum absolute atomic E-state index is 12.7. The van der Waals surface area contributed by atoms with E-state index in [1.165, 1.54) is 0 Å². The van der Waals surface area contributed by atoms with Gasteiger partial charge in [-0.25, -0.2) is 0 Å². The molecule has 1 aliphatic rings. The molecule has 0 radical (unpaired) electrons. The second-order valence-electron chi connectivity index (χ2n) is 6.46. The van der Waals surface area contributed by atoms with Gasteiger partial charge >= 0.3 is 5.97 Å². The number of hydrogen-bond acceptors (Lipinski definition) is 3. The zero-order chi connectivity index (χ0) is 19.2. The summed E-state index contributed by atoms with van der Waals surface area (Å²) in [6.45, 7) is 1.99. The number of ether oxygens (including phenoxy) is 1. The molecule has 2 aromatic carbocycles. The minimum atomic E-state index is -0.819. The summed E-state index contributed by atoms with van der Waals surface area (Å²) in [7, 11) is 0. The number of allylic oxidation sites excluding steroid dienone is 3. The Balaban J connectivity index is 1.91. The summed E-state index contributed by atoms with van der Waals surface area (Å²) in [6, 6.07) is 17.2. The van der Waals surface area contributed by atoms with Gasteiger partial charge in [0.15, 0.2) is 5.78 Å². The number of halogens is 1. The second kappa shape index (κ2) is 8.83. The monoisotopic (exact) mass is 380 g/mol. The molecule has 0 aliphatic heterocycles. The Kier molecular flexibility index (Phi) is 6.25. The van der Waals surface area contributed by atoms with Crippen molar-refractivity contribution in [3.8, 4) is 0 Å². The molecule has 0 spiro atoms. The predicted octanol–water partition coefficient (Wildman–Crippen LogP) is 5.22. The standard InChI is InChI=1S/C23H21ClO3/c1-2-27-23(26)22-20(18-10-12-19(24)13-11-18)14-17(15-21(22)25)9-8-16-6-4-3-5-7-16/h3-13,15,20,22H,2,14H2,1H3/b9-8+/t20-,22+/m1/s1. The van der Waals surface area contributed by atoms with E-state index in [9.17, 15) is 9.59 Å². The molecule has 138 valence electrons. The third-order valence-corrected chi connectivity index (χ3v) is 4.87. The molecule has 0 bridgehead atoms. The Hall–Kier alpha value is -2.65. The van der Waals surface area contributed by atoms with Crippen molar-refractivity contribution >= 4 is 29.4 Å². The Morgan fingerprint density at radius 3 is 2.48 bits per heavy atom. The van der Waals surface area contributed by atoms with Gasteiger partial charge in [0.2, 0.25) is 0 Å². The number of esters is 1. The van der Waals surface area contributed by atoms with Crippen LogP contribution in [0.3, 0.4) is 0 Å². The van der Waals surface area contributed by atoms with Gasteiger partial charge in [-0.15, -0.1) is 0 Å². The molecule has 0 saturated carbocycles. The third-order valence-electron chi connectivity index (χ3n) is 4.62. The van der Waals surface area contributed by atoms with Crippen LogP contribution < -0.4 is 0 Å². The van der Waals surface area contributed by atoms with E-state index >= 15 is 0 Å². The third kappa shape index (κ3) is 4.75. The number of carbonyl (C=O) groups excluding carboxylic acids is 2. The van der Waals surface area contributed by atoms with Crippen LogP contribution >= 0.6 is 11.6 Å². The van der Waals surface area contributed by atoms with Gasteiger partial charge in [0, 0.05) is 10.9 Å². The van der Waals surface area contributed by atoms with Gasteiger partial charge in [-0.05, 0) is 48.3 Å². The first-order valence-corrected chi connectivity index (χ1v) is 9.36. The molecular weight excluding hydrogens is 360 g/mol. The van der Waals surface area contributed by atoms with Gasteiger partial charge in [0.1, 0.15) is 5.92 Å². The Labute approximate surface area is 164 Å². The first kappa shape index (κ1) is 19.1. The molecule has 2 atom stereocenters. The molecule has 2 aromatic rings. The first-order valence-electron chi connectivity index (χ1n) is 8.98. The van der Waals surface area contributed by atoms with E-state index in [0.717, 1.165) is 16.7 Å². The summed E-state index contributed by atoms with van der Waals surface area (Å²) in [5.41, 5.74) is 2.86. The van der Waals surface area contributed by atoms with Crippen LogP contribution in [0, 0.1) is 5.92 Å². The van der Waals surface area contributed by atoms with E-state index < -0.39 is 11.9 Å². The fourth-order valence-corrected chi connectivity index (χ4v) is 3.44. The summed E-state index contributed by atoms with van der Waals surface area (Å²) in [5, 5.41) is 0.619. The van der Waals surface area contributed by atoms with Crippen LogP contribution in [0.4, 0.5) is 0 Å². The van der Waals surface area contributed by atoms with E-state index in [-0.39, 0.29) is 18.3 Å². The summed E-state index contributed by atoms with van der Waals surface area (Å²) < 4.78 is 5.16. The van der Waals surface area contributed by atoms with E-state index in [4.69, 9.17) is 16.3 Å². The Morgan fingerprint density at radius 1 is 1.11 bits per heavy atom. The molecule has 0 heterocycles. The number of ketones is 1. The largest absolute Gasteiger partial charge is 0.465 e. The number of benzene rings is 2. The highest BCUT2D eigenvalue weighted by molar-refractivity contribution is 6.30. The maximum atomic E-state index is 12.7. The fraction of sp³-hybridized carbons (Fsp3) is 0.217. The lowest BCUT2D eigenvalue weighted by atomic mass is 9.75. The Bertz CT molecular complexity index is 866. The zero-order valence-corrected chi connectivity index (χ0v) is 15.9. The SMILES string of the molecule is CCOC(=O)[C@@H]1C(=O)C=C(/C=C/c2ccccc2)C[C@@H]1c1ccc(Cl)cc1. The minimum absolute atomic E-state index is 0.215. The molecule has 3 nitrogen and oxygen atoms in total. The zero-order valence-electron chi connectivity index (χ0n) is 15.1. The molecule has 27 heavy (non-hydrogen) atoms. The predicted molar refractivity (Wildman–Crippen MR) is 107 cm³/mol. The van der Waals surface area contributed by atoms with Crippen molar-refractivity contribution in [2.24, 2.45) is 5.92 Å². The smallest absolute Gasteiger partial charge is 0.317 e. The summed E-state index contributed by atoms with van der Waals surface area (Å²) in [6.07, 6.45) is 6.06. The molecule has 0 N–H and O–H groups in total. The van der Waals surface area contributed by atoms with Crippen LogP contribution in [0.1, 0.15) is 30.4 Å². The summed E-state index contributed by atoms with van der Waals surface area (Å²) >= 11 is 5.99. The summed E-state index contributed by atoms with van der Waals surface area (Å²) in [4.78, 5) is 25.2. The molecule has 0 fully saturated rings. The highest BCUT2D eigenvalue weighted by Gasteiger charge is 2.39. The van der Waals surface area contributed by atoms with Crippen molar-refractivity contribution in [1.29, 1.82) is 0 Å². The van der Waals surface area contributed by atoms with Crippen molar-refractivity contribution in [3.63, 3.8) is 0 Å². The summed E-state index contributed by atoms with van der Waals surface area (Å²) in [5.74, 6) is -1.77. The Morgan fingerprint density at radius 2 is 1.81 bits per heavy atom. The topological polar surface area (TPSA) is 43.4 Å². The first-order chi connectivity index (χ1) is 13.1. The van der Waals surface area contributed by atoms with Crippen molar-refractivity contribution < 1.29 is 14.3 Å². The van der Waals surface area contributed by atoms with Gasteiger partial charge in [-0.3, -0.25) is 9.59 Å². The van der Waals surface area contributed by atoms with Crippen LogP contribution in [0.15, 0.2) is 72.3 Å². The van der Waals surface area contributed by atoms with E-state index in [1.54, 1.807) is 25.1 Å². The van der Waals surface area contributed by atoms with Crippen LogP contribution in [-0.4, -0.2) is 18.4 Å². The number of rotatable bonds is 5. The lowest BCUT2D eigenvalue weighted by Gasteiger charge is -2.28. The number of carbonyl (C=O) groups is 2. The van der Waals surface area contributed by atoms with Crippen LogP contribution in [-0.2, 0) is 14.3 Å². The maximum Gasteiger partial charge on any atom is 0.317 e. The lowest BCUT2D eigenvalue weighted by Crippen LogP contribution is -2.34. The molecular formula is C23H21ClO3. The van der Waals surface area contributed by atoms with Gasteiger partial charge < -0.3 is 4.74 Å². The van der Waals surface area contributed by atoms with Crippen molar-refractivity contribution in [2.45, 2.75) is 19.3 Å². The second-order valence-corrected chi connectivity index (χ2v) is 6.89. The van der Waals surface area contributed by atoms with E-state index in [2.05, 4.69) is 0 Å². The minimum Gasteiger partial charge on any atom is -0.465 e. The lowest BCUT2D eigenvalue weighted by molar-refractivity contribution is -0.151. The van der Waals surface area contributed by atoms with Gasteiger partial charge in [-0.1, -0.05) is 66.2 Å². The molecule has 0 saturated heterocycles. The van der Waals surface area contributed by atoms with E-state index in [1.807, 2.05) is 54.6 Å². The molecule has 1 aliphatic carbocycles.